The van der Waals surface area contributed by atoms with E-state index < -0.39 is 0 Å². The molecule has 1 atom stereocenters. The minimum absolute atomic E-state index is 0.151. The molecule has 0 aliphatic rings. The average molecular weight is 421 g/mol. The number of carbonyl (C=O) groups is 1. The molecule has 0 saturated carbocycles. The van der Waals surface area contributed by atoms with E-state index in [1.165, 1.54) is 0 Å². The van der Waals surface area contributed by atoms with Crippen LogP contribution in [0.4, 0.5) is 5.82 Å². The van der Waals surface area contributed by atoms with Crippen LogP contribution in [0.5, 0.6) is 11.5 Å². The Labute approximate surface area is 182 Å². The molecule has 1 unspecified atom stereocenters. The molecule has 1 heterocycles. The predicted octanol–water partition coefficient (Wildman–Crippen LogP) is 4.58. The van der Waals surface area contributed by atoms with Gasteiger partial charge in [0, 0.05) is 11.6 Å². The highest BCUT2D eigenvalue weighted by molar-refractivity contribution is 5.71. The summed E-state index contributed by atoms with van der Waals surface area (Å²) in [5, 5.41) is 3.38. The molecular formula is C24H27N3O4. The van der Waals surface area contributed by atoms with Crippen LogP contribution in [0.25, 0.3) is 11.3 Å². The van der Waals surface area contributed by atoms with E-state index in [1.54, 1.807) is 21.1 Å². The van der Waals surface area contributed by atoms with Gasteiger partial charge in [0.1, 0.15) is 23.1 Å². The minimum Gasteiger partial charge on any atom is -0.497 e. The lowest BCUT2D eigenvalue weighted by Crippen LogP contribution is -2.18. The van der Waals surface area contributed by atoms with Crippen molar-refractivity contribution < 1.29 is 19.0 Å². The monoisotopic (exact) mass is 421 g/mol. The first-order chi connectivity index (χ1) is 15.0. The van der Waals surface area contributed by atoms with Gasteiger partial charge >= 0.3 is 5.97 Å². The number of hydrogen-bond acceptors (Lipinski definition) is 7. The van der Waals surface area contributed by atoms with Crippen LogP contribution in [0.1, 0.15) is 30.8 Å². The second kappa shape index (κ2) is 10.4. The summed E-state index contributed by atoms with van der Waals surface area (Å²) in [6.07, 6.45) is 0.151. The summed E-state index contributed by atoms with van der Waals surface area (Å²) in [5.74, 6) is 2.40. The van der Waals surface area contributed by atoms with Gasteiger partial charge in [-0.3, -0.25) is 4.79 Å². The third-order valence-electron chi connectivity index (χ3n) is 4.70. The molecule has 31 heavy (non-hydrogen) atoms. The Bertz CT molecular complexity index is 1040. The Balaban J connectivity index is 1.94. The lowest BCUT2D eigenvalue weighted by Gasteiger charge is -2.20. The van der Waals surface area contributed by atoms with Gasteiger partial charge < -0.3 is 19.5 Å². The van der Waals surface area contributed by atoms with Gasteiger partial charge in [-0.15, -0.1) is 0 Å². The largest absolute Gasteiger partial charge is 0.497 e. The van der Waals surface area contributed by atoms with Crippen LogP contribution in [-0.2, 0) is 9.53 Å². The highest BCUT2D eigenvalue weighted by atomic mass is 16.5. The Kier molecular flexibility index (Phi) is 7.43. The Morgan fingerprint density at radius 2 is 1.71 bits per heavy atom. The summed E-state index contributed by atoms with van der Waals surface area (Å²) in [6.45, 7) is 3.96. The number of hydrogen-bond donors (Lipinski definition) is 1. The first-order valence-corrected chi connectivity index (χ1v) is 10.1. The van der Waals surface area contributed by atoms with Gasteiger partial charge in [0.2, 0.25) is 0 Å². The Morgan fingerprint density at radius 3 is 2.42 bits per heavy atom. The minimum atomic E-state index is -0.346. The van der Waals surface area contributed by atoms with Crippen molar-refractivity contribution in [2.75, 3.05) is 26.1 Å². The molecule has 0 amide bonds. The maximum Gasteiger partial charge on any atom is 0.308 e. The number of anilines is 1. The molecule has 0 bridgehead atoms. The zero-order valence-corrected chi connectivity index (χ0v) is 18.2. The van der Waals surface area contributed by atoms with E-state index in [2.05, 4.69) is 15.3 Å². The van der Waals surface area contributed by atoms with E-state index in [0.717, 1.165) is 22.6 Å². The van der Waals surface area contributed by atoms with Crippen molar-refractivity contribution in [2.24, 2.45) is 0 Å². The topological polar surface area (TPSA) is 82.6 Å². The highest BCUT2D eigenvalue weighted by Gasteiger charge is 2.19. The van der Waals surface area contributed by atoms with Crippen LogP contribution >= 0.6 is 0 Å². The van der Waals surface area contributed by atoms with Gasteiger partial charge in [0.25, 0.3) is 0 Å². The van der Waals surface area contributed by atoms with Crippen molar-refractivity contribution in [3.63, 3.8) is 0 Å². The second-order valence-electron chi connectivity index (χ2n) is 6.90. The number of methoxy groups -OCH3 is 2. The molecule has 1 N–H and O–H groups in total. The lowest BCUT2D eigenvalue weighted by molar-refractivity contribution is -0.143. The molecule has 1 aromatic heterocycles. The number of carbonyl (C=O) groups excluding carboxylic acids is 1. The first-order valence-electron chi connectivity index (χ1n) is 10.1. The molecule has 7 nitrogen and oxygen atoms in total. The summed E-state index contributed by atoms with van der Waals surface area (Å²) in [5.41, 5.74) is 2.57. The molecule has 0 saturated heterocycles. The number of ether oxygens (including phenoxy) is 3. The molecule has 0 spiro atoms. The standard InChI is InChI=1S/C24H27N3O4/c1-5-31-24(28)15-22(18-9-7-11-20(13-18)30-4)27-23-14-21(25-16(2)26-23)17-8-6-10-19(12-17)29-3/h6-14,22H,5,15H2,1-4H3,(H,25,26,27). The van der Waals surface area contributed by atoms with Gasteiger partial charge in [0.05, 0.1) is 39.0 Å². The SMILES string of the molecule is CCOC(=O)CC(Nc1cc(-c2cccc(OC)c2)nc(C)n1)c1cccc(OC)c1. The van der Waals surface area contributed by atoms with E-state index in [1.807, 2.05) is 61.5 Å². The molecule has 3 rings (SSSR count). The van der Waals surface area contributed by atoms with E-state index in [4.69, 9.17) is 14.2 Å². The smallest absolute Gasteiger partial charge is 0.308 e. The summed E-state index contributed by atoms with van der Waals surface area (Å²) < 4.78 is 15.8. The van der Waals surface area contributed by atoms with Crippen molar-refractivity contribution in [1.29, 1.82) is 0 Å². The molecule has 7 heteroatoms. The maximum absolute atomic E-state index is 12.3. The number of rotatable bonds is 9. The molecule has 0 aliphatic carbocycles. The van der Waals surface area contributed by atoms with E-state index in [0.29, 0.717) is 24.0 Å². The summed E-state index contributed by atoms with van der Waals surface area (Å²) in [7, 11) is 3.24. The fourth-order valence-corrected chi connectivity index (χ4v) is 3.25. The fraction of sp³-hybridized carbons (Fsp3) is 0.292. The van der Waals surface area contributed by atoms with Gasteiger partial charge in [-0.05, 0) is 43.7 Å². The van der Waals surface area contributed by atoms with Gasteiger partial charge in [-0.25, -0.2) is 9.97 Å². The van der Waals surface area contributed by atoms with Crippen molar-refractivity contribution in [1.82, 2.24) is 9.97 Å². The summed E-state index contributed by atoms with van der Waals surface area (Å²) in [6, 6.07) is 16.8. The van der Waals surface area contributed by atoms with Crippen molar-refractivity contribution in [3.05, 3.63) is 66.0 Å². The molecule has 2 aromatic carbocycles. The molecule has 3 aromatic rings. The third kappa shape index (κ3) is 5.94. The van der Waals surface area contributed by atoms with Crippen LogP contribution in [0, 0.1) is 6.92 Å². The number of aryl methyl sites for hydroxylation is 1. The normalized spacial score (nSPS) is 11.5. The number of aromatic nitrogens is 2. The molecule has 0 aliphatic heterocycles. The maximum atomic E-state index is 12.3. The van der Waals surface area contributed by atoms with Crippen LogP contribution in [-0.4, -0.2) is 36.8 Å². The second-order valence-corrected chi connectivity index (χ2v) is 6.90. The molecule has 0 fully saturated rings. The van der Waals surface area contributed by atoms with E-state index >= 15 is 0 Å². The summed E-state index contributed by atoms with van der Waals surface area (Å²) in [4.78, 5) is 21.3. The Morgan fingerprint density at radius 1 is 1.00 bits per heavy atom. The average Bonchev–Trinajstić information content (AvgIpc) is 2.78. The van der Waals surface area contributed by atoms with Crippen molar-refractivity contribution in [3.8, 4) is 22.8 Å². The quantitative estimate of drug-likeness (QED) is 0.507. The first kappa shape index (κ1) is 22.1. The third-order valence-corrected chi connectivity index (χ3v) is 4.70. The molecular weight excluding hydrogens is 394 g/mol. The number of nitrogens with one attached hydrogen (secondary N) is 1. The number of nitrogens with zero attached hydrogens (tertiary/aromatic N) is 2. The fourth-order valence-electron chi connectivity index (χ4n) is 3.25. The zero-order valence-electron chi connectivity index (χ0n) is 18.2. The van der Waals surface area contributed by atoms with Crippen molar-refractivity contribution in [2.45, 2.75) is 26.3 Å². The number of esters is 1. The van der Waals surface area contributed by atoms with Crippen LogP contribution in [0.2, 0.25) is 0 Å². The van der Waals surface area contributed by atoms with Crippen LogP contribution < -0.4 is 14.8 Å². The predicted molar refractivity (Wildman–Crippen MR) is 119 cm³/mol. The van der Waals surface area contributed by atoms with Gasteiger partial charge in [0.15, 0.2) is 0 Å². The number of benzene rings is 2. The van der Waals surface area contributed by atoms with Crippen LogP contribution in [0.3, 0.4) is 0 Å². The van der Waals surface area contributed by atoms with E-state index in [-0.39, 0.29) is 18.4 Å². The van der Waals surface area contributed by atoms with Crippen molar-refractivity contribution >= 4 is 11.8 Å². The Hall–Kier alpha value is -3.61. The highest BCUT2D eigenvalue weighted by Crippen LogP contribution is 2.28. The van der Waals surface area contributed by atoms with Gasteiger partial charge in [-0.1, -0.05) is 24.3 Å². The van der Waals surface area contributed by atoms with E-state index in [9.17, 15) is 4.79 Å². The van der Waals surface area contributed by atoms with Gasteiger partial charge in [-0.2, -0.15) is 0 Å². The van der Waals surface area contributed by atoms with Crippen LogP contribution in [0.15, 0.2) is 54.6 Å². The zero-order chi connectivity index (χ0) is 22.2. The molecule has 0 radical (unpaired) electrons. The molecule has 162 valence electrons. The lowest BCUT2D eigenvalue weighted by atomic mass is 10.0. The summed E-state index contributed by atoms with van der Waals surface area (Å²) >= 11 is 0.